The van der Waals surface area contributed by atoms with Crippen LogP contribution < -0.4 is 0 Å². The van der Waals surface area contributed by atoms with E-state index >= 15 is 0 Å². The molecule has 0 amide bonds. The molecule has 1 N–H and O–H groups in total. The van der Waals surface area contributed by atoms with Crippen molar-refractivity contribution in [2.24, 2.45) is 0 Å². The lowest BCUT2D eigenvalue weighted by atomic mass is 9.89. The van der Waals surface area contributed by atoms with Crippen LogP contribution in [0.3, 0.4) is 0 Å². The molecule has 35 heavy (non-hydrogen) atoms. The molecule has 1 fully saturated rings. The number of likely N-dealkylation sites (tertiary alicyclic amines) is 1. The predicted octanol–water partition coefficient (Wildman–Crippen LogP) is 4.94. The monoisotopic (exact) mass is 467 g/mol. The molecule has 180 valence electrons. The standard InChI is InChI=1S/C30H33N3O2/c34-19-18-32-16-13-25(14-17-32)29-22-33(30-6-2-1-5-28(29)30)26-10-7-23(8-11-26)20-27(35)12-9-24-4-3-15-31-21-24/h1-8,10-11,15,21-22,25,34H,9,12-14,16-20H2. The molecule has 5 rings (SSSR count). The first-order chi connectivity index (χ1) is 17.2. The fourth-order valence-corrected chi connectivity index (χ4v) is 5.27. The number of carbonyl (C=O) groups excluding carboxylic acids is 1. The van der Waals surface area contributed by atoms with Gasteiger partial charge in [0.05, 0.1) is 12.1 Å². The molecule has 0 unspecified atom stereocenters. The van der Waals surface area contributed by atoms with Gasteiger partial charge in [0, 0.05) is 49.1 Å². The minimum Gasteiger partial charge on any atom is -0.395 e. The van der Waals surface area contributed by atoms with Crippen LogP contribution in [0.25, 0.3) is 16.6 Å². The molecule has 3 heterocycles. The minimum atomic E-state index is 0.232. The second kappa shape index (κ2) is 11.0. The Morgan fingerprint density at radius 1 is 0.971 bits per heavy atom. The number of nitrogens with zero attached hydrogens (tertiary/aromatic N) is 3. The van der Waals surface area contributed by atoms with Gasteiger partial charge in [-0.15, -0.1) is 0 Å². The largest absolute Gasteiger partial charge is 0.395 e. The van der Waals surface area contributed by atoms with Gasteiger partial charge in [0.1, 0.15) is 5.78 Å². The number of hydrogen-bond acceptors (Lipinski definition) is 4. The number of ketones is 1. The fourth-order valence-electron chi connectivity index (χ4n) is 5.27. The summed E-state index contributed by atoms with van der Waals surface area (Å²) in [6.07, 6.45) is 9.87. The van der Waals surface area contributed by atoms with Crippen molar-refractivity contribution in [3.63, 3.8) is 0 Å². The number of carbonyl (C=O) groups is 1. The van der Waals surface area contributed by atoms with Crippen molar-refractivity contribution in [2.75, 3.05) is 26.2 Å². The zero-order chi connectivity index (χ0) is 24.0. The molecule has 5 nitrogen and oxygen atoms in total. The number of β-amino-alcohol motifs (C(OH)–C–C–N with tert-alkyl or cyclic N) is 1. The topological polar surface area (TPSA) is 58.4 Å². The summed E-state index contributed by atoms with van der Waals surface area (Å²) in [6, 6.07) is 21.0. The smallest absolute Gasteiger partial charge is 0.137 e. The summed E-state index contributed by atoms with van der Waals surface area (Å²) in [6.45, 7) is 3.07. The van der Waals surface area contributed by atoms with Crippen molar-refractivity contribution >= 4 is 16.7 Å². The van der Waals surface area contributed by atoms with E-state index in [0.29, 0.717) is 18.8 Å². The Bertz CT molecular complexity index is 1260. The zero-order valence-electron chi connectivity index (χ0n) is 20.1. The van der Waals surface area contributed by atoms with Gasteiger partial charge < -0.3 is 14.6 Å². The third-order valence-corrected chi connectivity index (χ3v) is 7.22. The maximum absolute atomic E-state index is 12.5. The third kappa shape index (κ3) is 5.53. The fraction of sp³-hybridized carbons (Fsp3) is 0.333. The Kier molecular flexibility index (Phi) is 7.36. The summed E-state index contributed by atoms with van der Waals surface area (Å²) in [5.74, 6) is 0.788. The van der Waals surface area contributed by atoms with Crippen LogP contribution in [0.1, 0.15) is 41.9 Å². The summed E-state index contributed by atoms with van der Waals surface area (Å²) in [7, 11) is 0. The predicted molar refractivity (Wildman–Crippen MR) is 140 cm³/mol. The van der Waals surface area contributed by atoms with Crippen molar-refractivity contribution in [1.82, 2.24) is 14.5 Å². The number of aromatic nitrogens is 2. The van der Waals surface area contributed by atoms with E-state index in [1.165, 1.54) is 16.5 Å². The summed E-state index contributed by atoms with van der Waals surface area (Å²) >= 11 is 0. The van der Waals surface area contributed by atoms with E-state index in [4.69, 9.17) is 0 Å². The molecule has 1 saturated heterocycles. The van der Waals surface area contributed by atoms with Crippen LogP contribution in [0.5, 0.6) is 0 Å². The van der Waals surface area contributed by atoms with E-state index < -0.39 is 0 Å². The molecule has 0 saturated carbocycles. The molecular formula is C30H33N3O2. The highest BCUT2D eigenvalue weighted by Gasteiger charge is 2.23. The number of rotatable bonds is 9. The number of pyridine rings is 1. The van der Waals surface area contributed by atoms with Crippen molar-refractivity contribution in [2.45, 2.75) is 38.0 Å². The van der Waals surface area contributed by atoms with Crippen LogP contribution in [0, 0.1) is 0 Å². The molecule has 2 aromatic carbocycles. The number of fused-ring (bicyclic) bond motifs is 1. The molecule has 1 aliphatic rings. The van der Waals surface area contributed by atoms with E-state index in [1.807, 2.05) is 18.3 Å². The summed E-state index contributed by atoms with van der Waals surface area (Å²) in [5, 5.41) is 10.6. The number of aliphatic hydroxyl groups excluding tert-OH is 1. The number of aryl methyl sites for hydroxylation is 1. The zero-order valence-corrected chi connectivity index (χ0v) is 20.1. The van der Waals surface area contributed by atoms with Crippen molar-refractivity contribution < 1.29 is 9.90 Å². The average Bonchev–Trinajstić information content (AvgIpc) is 3.29. The van der Waals surface area contributed by atoms with Gasteiger partial charge in [0.15, 0.2) is 0 Å². The number of hydrogen-bond donors (Lipinski definition) is 1. The summed E-state index contributed by atoms with van der Waals surface area (Å²) in [5.41, 5.74) is 5.92. The molecule has 1 aliphatic heterocycles. The number of benzene rings is 2. The maximum atomic E-state index is 12.5. The lowest BCUT2D eigenvalue weighted by Crippen LogP contribution is -2.34. The van der Waals surface area contributed by atoms with E-state index in [9.17, 15) is 9.90 Å². The quantitative estimate of drug-likeness (QED) is 0.379. The molecule has 0 radical (unpaired) electrons. The highest BCUT2D eigenvalue weighted by molar-refractivity contribution is 5.86. The van der Waals surface area contributed by atoms with E-state index in [-0.39, 0.29) is 12.4 Å². The van der Waals surface area contributed by atoms with E-state index in [2.05, 4.69) is 69.2 Å². The van der Waals surface area contributed by atoms with Gasteiger partial charge in [-0.05, 0) is 79.2 Å². The van der Waals surface area contributed by atoms with E-state index in [0.717, 1.165) is 55.7 Å². The second-order valence-electron chi connectivity index (χ2n) is 9.55. The van der Waals surface area contributed by atoms with Crippen LogP contribution in [0.4, 0.5) is 0 Å². The molecule has 4 aromatic rings. The molecule has 0 atom stereocenters. The third-order valence-electron chi connectivity index (χ3n) is 7.22. The molecule has 0 bridgehead atoms. The van der Waals surface area contributed by atoms with Crippen LogP contribution in [0.15, 0.2) is 79.3 Å². The van der Waals surface area contributed by atoms with Gasteiger partial charge in [-0.3, -0.25) is 9.78 Å². The first kappa shape index (κ1) is 23.5. The van der Waals surface area contributed by atoms with Gasteiger partial charge in [-0.1, -0.05) is 36.4 Å². The van der Waals surface area contributed by atoms with Crippen molar-refractivity contribution in [1.29, 1.82) is 0 Å². The summed E-state index contributed by atoms with van der Waals surface area (Å²) in [4.78, 5) is 19.0. The highest BCUT2D eigenvalue weighted by atomic mass is 16.3. The highest BCUT2D eigenvalue weighted by Crippen LogP contribution is 2.35. The Balaban J connectivity index is 1.29. The molecule has 5 heteroatoms. The van der Waals surface area contributed by atoms with Crippen LogP contribution >= 0.6 is 0 Å². The summed E-state index contributed by atoms with van der Waals surface area (Å²) < 4.78 is 2.29. The van der Waals surface area contributed by atoms with Crippen LogP contribution in [-0.2, 0) is 17.6 Å². The van der Waals surface area contributed by atoms with Gasteiger partial charge in [-0.25, -0.2) is 0 Å². The minimum absolute atomic E-state index is 0.232. The normalized spacial score (nSPS) is 15.0. The van der Waals surface area contributed by atoms with Gasteiger partial charge in [0.25, 0.3) is 0 Å². The molecule has 0 spiro atoms. The van der Waals surface area contributed by atoms with Gasteiger partial charge >= 0.3 is 0 Å². The maximum Gasteiger partial charge on any atom is 0.137 e. The van der Waals surface area contributed by atoms with Crippen LogP contribution in [-0.4, -0.2) is 51.6 Å². The Hall–Kier alpha value is -3.28. The Labute approximate surface area is 207 Å². The lowest BCUT2D eigenvalue weighted by Gasteiger charge is -2.31. The van der Waals surface area contributed by atoms with E-state index in [1.54, 1.807) is 6.20 Å². The first-order valence-electron chi connectivity index (χ1n) is 12.6. The molecule has 0 aliphatic carbocycles. The number of piperidine rings is 1. The van der Waals surface area contributed by atoms with Gasteiger partial charge in [-0.2, -0.15) is 0 Å². The van der Waals surface area contributed by atoms with Crippen LogP contribution in [0.2, 0.25) is 0 Å². The number of para-hydroxylation sites is 1. The number of Topliss-reactive ketones (excluding diaryl/α,β-unsaturated/α-hetero) is 1. The second-order valence-corrected chi connectivity index (χ2v) is 9.55. The van der Waals surface area contributed by atoms with Crippen molar-refractivity contribution in [3.8, 4) is 5.69 Å². The Morgan fingerprint density at radius 2 is 1.77 bits per heavy atom. The van der Waals surface area contributed by atoms with Crippen molar-refractivity contribution in [3.05, 3.63) is 95.9 Å². The number of aliphatic hydroxyl groups is 1. The molecule has 2 aromatic heterocycles. The SMILES string of the molecule is O=C(CCc1cccnc1)Cc1ccc(-n2cc(C3CCN(CCO)CC3)c3ccccc32)cc1. The van der Waals surface area contributed by atoms with Gasteiger partial charge in [0.2, 0.25) is 0 Å². The molecular weight excluding hydrogens is 434 g/mol. The average molecular weight is 468 g/mol. The Morgan fingerprint density at radius 3 is 2.51 bits per heavy atom. The lowest BCUT2D eigenvalue weighted by molar-refractivity contribution is -0.118. The first-order valence-corrected chi connectivity index (χ1v) is 12.6.